The predicted octanol–water partition coefficient (Wildman–Crippen LogP) is 3.38. The number of carbonyl (C=O) groups excluding carboxylic acids is 1. The Kier molecular flexibility index (Phi) is 3.73. The van der Waals surface area contributed by atoms with E-state index in [1.807, 2.05) is 6.07 Å². The maximum absolute atomic E-state index is 13.0. The molecule has 4 rings (SSSR count). The van der Waals surface area contributed by atoms with Crippen LogP contribution in [0.2, 0.25) is 0 Å². The lowest BCUT2D eigenvalue weighted by Crippen LogP contribution is -2.19. The number of anilines is 1. The van der Waals surface area contributed by atoms with Gasteiger partial charge in [0.2, 0.25) is 5.91 Å². The van der Waals surface area contributed by atoms with Crippen LogP contribution in [0.4, 0.5) is 10.1 Å². The van der Waals surface area contributed by atoms with Gasteiger partial charge in [-0.3, -0.25) is 4.79 Å². The van der Waals surface area contributed by atoms with Crippen LogP contribution in [-0.2, 0) is 4.79 Å². The first-order valence-corrected chi connectivity index (χ1v) is 8.13. The number of hydrogen-bond donors (Lipinski definition) is 2. The summed E-state index contributed by atoms with van der Waals surface area (Å²) in [5.41, 5.74) is 2.30. The van der Waals surface area contributed by atoms with E-state index in [9.17, 15) is 14.3 Å². The smallest absolute Gasteiger partial charge is 0.228 e. The van der Waals surface area contributed by atoms with Crippen LogP contribution in [0.3, 0.4) is 0 Å². The summed E-state index contributed by atoms with van der Waals surface area (Å²) < 4.78 is 18.6. The number of nitrogens with one attached hydrogen (secondary N) is 1. The molecule has 4 nitrogen and oxygen atoms in total. The molecule has 0 aromatic heterocycles. The number of amides is 1. The van der Waals surface area contributed by atoms with Crippen molar-refractivity contribution in [1.29, 1.82) is 0 Å². The fourth-order valence-electron chi connectivity index (χ4n) is 3.29. The molecule has 2 aromatic rings. The lowest BCUT2D eigenvalue weighted by Gasteiger charge is -2.24. The predicted molar refractivity (Wildman–Crippen MR) is 87.4 cm³/mol. The molecule has 24 heavy (non-hydrogen) atoms. The van der Waals surface area contributed by atoms with Crippen molar-refractivity contribution in [3.8, 4) is 5.75 Å². The van der Waals surface area contributed by atoms with Crippen molar-refractivity contribution in [2.24, 2.45) is 5.92 Å². The first-order chi connectivity index (χ1) is 11.6. The van der Waals surface area contributed by atoms with Gasteiger partial charge in [-0.1, -0.05) is 24.3 Å². The number of ether oxygens (including phenoxy) is 1. The number of benzene rings is 2. The summed E-state index contributed by atoms with van der Waals surface area (Å²) in [5.74, 6) is 0.244. The van der Waals surface area contributed by atoms with Gasteiger partial charge in [0, 0.05) is 17.9 Å². The number of carbonyl (C=O) groups is 1. The molecule has 2 N–H and O–H groups in total. The second kappa shape index (κ2) is 5.91. The minimum absolute atomic E-state index is 0.0682. The molecule has 1 amide bonds. The molecule has 1 saturated carbocycles. The fraction of sp³-hybridized carbons (Fsp3) is 0.316. The van der Waals surface area contributed by atoms with Gasteiger partial charge < -0.3 is 15.2 Å². The van der Waals surface area contributed by atoms with E-state index in [1.54, 1.807) is 24.3 Å². The van der Waals surface area contributed by atoms with Crippen LogP contribution in [0.15, 0.2) is 42.5 Å². The summed E-state index contributed by atoms with van der Waals surface area (Å²) >= 11 is 0. The SMILES string of the molecule is O=C(Nc1cccc2c1OCCC2O)[C@@H]1C[C@H]1c1ccc(F)cc1. The highest BCUT2D eigenvalue weighted by Crippen LogP contribution is 2.48. The average molecular weight is 327 g/mol. The van der Waals surface area contributed by atoms with Crippen LogP contribution in [0.1, 0.15) is 36.0 Å². The Morgan fingerprint density at radius 2 is 2.00 bits per heavy atom. The summed E-state index contributed by atoms with van der Waals surface area (Å²) in [6.07, 6.45) is 0.758. The summed E-state index contributed by atoms with van der Waals surface area (Å²) in [5, 5.41) is 12.9. The molecular weight excluding hydrogens is 309 g/mol. The largest absolute Gasteiger partial charge is 0.491 e. The van der Waals surface area contributed by atoms with Crippen LogP contribution in [0.5, 0.6) is 5.75 Å². The van der Waals surface area contributed by atoms with Crippen molar-refractivity contribution in [2.45, 2.75) is 24.9 Å². The molecule has 0 saturated heterocycles. The molecule has 1 aliphatic carbocycles. The lowest BCUT2D eigenvalue weighted by molar-refractivity contribution is -0.117. The van der Waals surface area contributed by atoms with E-state index in [0.717, 1.165) is 12.0 Å². The standard InChI is InChI=1S/C19H18FNO3/c20-12-6-4-11(5-7-12)14-10-15(14)19(23)21-16-3-1-2-13-17(22)8-9-24-18(13)16/h1-7,14-15,17,22H,8-10H2,(H,21,23)/t14-,15+,17?/m0/s1. The van der Waals surface area contributed by atoms with Gasteiger partial charge in [0.1, 0.15) is 11.6 Å². The topological polar surface area (TPSA) is 58.6 Å². The third-order valence-corrected chi connectivity index (χ3v) is 4.73. The number of fused-ring (bicyclic) bond motifs is 1. The number of aliphatic hydroxyl groups is 1. The molecule has 5 heteroatoms. The highest BCUT2D eigenvalue weighted by Gasteiger charge is 2.44. The van der Waals surface area contributed by atoms with E-state index >= 15 is 0 Å². The van der Waals surface area contributed by atoms with Gasteiger partial charge in [-0.2, -0.15) is 0 Å². The van der Waals surface area contributed by atoms with Crippen LogP contribution in [0, 0.1) is 11.7 Å². The van der Waals surface area contributed by atoms with Crippen molar-refractivity contribution >= 4 is 11.6 Å². The Morgan fingerprint density at radius 1 is 1.21 bits per heavy atom. The first-order valence-electron chi connectivity index (χ1n) is 8.13. The van der Waals surface area contributed by atoms with Crippen molar-refractivity contribution in [1.82, 2.24) is 0 Å². The zero-order valence-corrected chi connectivity index (χ0v) is 13.0. The lowest BCUT2D eigenvalue weighted by atomic mass is 10.0. The molecule has 1 aliphatic heterocycles. The molecule has 1 unspecified atom stereocenters. The number of aliphatic hydroxyl groups excluding tert-OH is 1. The normalized spacial score (nSPS) is 24.7. The number of hydrogen-bond acceptors (Lipinski definition) is 3. The Hall–Kier alpha value is -2.40. The summed E-state index contributed by atoms with van der Waals surface area (Å²) in [6, 6.07) is 11.7. The second-order valence-corrected chi connectivity index (χ2v) is 6.37. The van der Waals surface area contributed by atoms with Gasteiger partial charge >= 0.3 is 0 Å². The maximum atomic E-state index is 13.0. The fourth-order valence-corrected chi connectivity index (χ4v) is 3.29. The molecule has 0 bridgehead atoms. The summed E-state index contributed by atoms with van der Waals surface area (Å²) in [4.78, 5) is 12.5. The quantitative estimate of drug-likeness (QED) is 0.908. The molecule has 3 atom stereocenters. The summed E-state index contributed by atoms with van der Waals surface area (Å²) in [6.45, 7) is 0.433. The highest BCUT2D eigenvalue weighted by molar-refractivity contribution is 5.96. The Bertz CT molecular complexity index is 775. The van der Waals surface area contributed by atoms with Crippen LogP contribution >= 0.6 is 0 Å². The highest BCUT2D eigenvalue weighted by atomic mass is 19.1. The van der Waals surface area contributed by atoms with E-state index in [-0.39, 0.29) is 23.6 Å². The molecule has 2 aromatic carbocycles. The average Bonchev–Trinajstić information content (AvgIpc) is 3.37. The van der Waals surface area contributed by atoms with Gasteiger partial charge in [-0.25, -0.2) is 4.39 Å². The zero-order chi connectivity index (χ0) is 16.7. The molecule has 1 fully saturated rings. The maximum Gasteiger partial charge on any atom is 0.228 e. The molecule has 124 valence electrons. The van der Waals surface area contributed by atoms with Crippen molar-refractivity contribution in [3.63, 3.8) is 0 Å². The van der Waals surface area contributed by atoms with Gasteiger partial charge in [0.05, 0.1) is 18.4 Å². The number of halogens is 1. The van der Waals surface area contributed by atoms with Gasteiger partial charge in [-0.15, -0.1) is 0 Å². The second-order valence-electron chi connectivity index (χ2n) is 6.37. The van der Waals surface area contributed by atoms with Crippen LogP contribution < -0.4 is 10.1 Å². The van der Waals surface area contributed by atoms with Crippen LogP contribution in [-0.4, -0.2) is 17.6 Å². The molecule has 2 aliphatic rings. The first kappa shape index (κ1) is 15.1. The number of rotatable bonds is 3. The monoisotopic (exact) mass is 327 g/mol. The van der Waals surface area contributed by atoms with Gasteiger partial charge in [0.15, 0.2) is 0 Å². The van der Waals surface area contributed by atoms with E-state index in [0.29, 0.717) is 30.0 Å². The van der Waals surface area contributed by atoms with E-state index < -0.39 is 6.10 Å². The Morgan fingerprint density at radius 3 is 2.79 bits per heavy atom. The minimum atomic E-state index is -0.557. The van der Waals surface area contributed by atoms with Gasteiger partial charge in [-0.05, 0) is 36.1 Å². The molecule has 1 heterocycles. The third-order valence-electron chi connectivity index (χ3n) is 4.73. The molecular formula is C19H18FNO3. The zero-order valence-electron chi connectivity index (χ0n) is 13.0. The summed E-state index contributed by atoms with van der Waals surface area (Å²) in [7, 11) is 0. The minimum Gasteiger partial charge on any atom is -0.491 e. The van der Waals surface area contributed by atoms with Gasteiger partial charge in [0.25, 0.3) is 0 Å². The van der Waals surface area contributed by atoms with E-state index in [1.165, 1.54) is 12.1 Å². The Balaban J connectivity index is 1.48. The van der Waals surface area contributed by atoms with E-state index in [4.69, 9.17) is 4.74 Å². The van der Waals surface area contributed by atoms with E-state index in [2.05, 4.69) is 5.32 Å². The molecule has 0 spiro atoms. The van der Waals surface area contributed by atoms with Crippen molar-refractivity contribution in [3.05, 3.63) is 59.4 Å². The van der Waals surface area contributed by atoms with Crippen molar-refractivity contribution < 1.29 is 19.0 Å². The number of para-hydroxylation sites is 1. The van der Waals surface area contributed by atoms with Crippen LogP contribution in [0.25, 0.3) is 0 Å². The molecule has 0 radical (unpaired) electrons. The Labute approximate surface area is 139 Å². The van der Waals surface area contributed by atoms with Crippen molar-refractivity contribution in [2.75, 3.05) is 11.9 Å². The third kappa shape index (κ3) is 2.76.